The van der Waals surface area contributed by atoms with Gasteiger partial charge in [0.15, 0.2) is 0 Å². The number of carbonyl (C=O) groups excluding carboxylic acids is 3. The van der Waals surface area contributed by atoms with Crippen LogP contribution in [0.2, 0.25) is 5.02 Å². The van der Waals surface area contributed by atoms with Gasteiger partial charge in [0.05, 0.1) is 24.1 Å². The lowest BCUT2D eigenvalue weighted by molar-refractivity contribution is -0.137. The Hall–Kier alpha value is -4.94. The van der Waals surface area contributed by atoms with Crippen LogP contribution in [-0.4, -0.2) is 35.7 Å². The van der Waals surface area contributed by atoms with Gasteiger partial charge in [-0.2, -0.15) is 13.2 Å². The number of aromatic hydroxyl groups is 1. The van der Waals surface area contributed by atoms with Crippen LogP contribution in [0.5, 0.6) is 11.5 Å². The van der Waals surface area contributed by atoms with Gasteiger partial charge in [0.25, 0.3) is 11.8 Å². The molecule has 0 aliphatic rings. The largest absolute Gasteiger partial charge is 0.508 e. The molecule has 4 N–H and O–H groups in total. The maximum absolute atomic E-state index is 13.4. The van der Waals surface area contributed by atoms with Crippen LogP contribution in [-0.2, 0) is 15.8 Å². The average Bonchev–Trinajstić information content (AvgIpc) is 3.01. The molecule has 4 aromatic rings. The summed E-state index contributed by atoms with van der Waals surface area (Å²) in [6.07, 6.45) is -3.32. The molecule has 0 saturated carbocycles. The van der Waals surface area contributed by atoms with E-state index in [2.05, 4.69) is 16.0 Å². The molecular formula is C32H25ClF3N3O5S. The number of nitrogens with one attached hydrogen (secondary N) is 3. The smallest absolute Gasteiger partial charge is 0.418 e. The molecule has 0 spiro atoms. The van der Waals surface area contributed by atoms with Crippen LogP contribution in [0.3, 0.4) is 0 Å². The second kappa shape index (κ2) is 14.7. The number of alkyl halides is 3. The zero-order valence-electron chi connectivity index (χ0n) is 23.4. The van der Waals surface area contributed by atoms with Gasteiger partial charge in [-0.15, -0.1) is 11.8 Å². The van der Waals surface area contributed by atoms with Crippen molar-refractivity contribution < 1.29 is 37.4 Å². The first-order chi connectivity index (χ1) is 21.4. The minimum absolute atomic E-state index is 0.0553. The van der Waals surface area contributed by atoms with Gasteiger partial charge < -0.3 is 25.8 Å². The molecule has 0 aliphatic heterocycles. The van der Waals surface area contributed by atoms with E-state index in [0.717, 1.165) is 23.9 Å². The number of methoxy groups -OCH3 is 1. The van der Waals surface area contributed by atoms with Crippen molar-refractivity contribution in [3.8, 4) is 11.5 Å². The van der Waals surface area contributed by atoms with Gasteiger partial charge in [0.1, 0.15) is 17.2 Å². The second-order valence-electron chi connectivity index (χ2n) is 9.31. The second-order valence-corrected chi connectivity index (χ2v) is 10.8. The molecule has 0 unspecified atom stereocenters. The summed E-state index contributed by atoms with van der Waals surface area (Å²) in [5, 5.41) is 17.3. The Morgan fingerprint density at radius 3 is 2.40 bits per heavy atom. The number of anilines is 2. The van der Waals surface area contributed by atoms with Crippen LogP contribution < -0.4 is 20.7 Å². The van der Waals surface area contributed by atoms with Crippen LogP contribution >= 0.6 is 23.4 Å². The first-order valence-electron chi connectivity index (χ1n) is 13.1. The van der Waals surface area contributed by atoms with Crippen molar-refractivity contribution in [2.45, 2.75) is 11.1 Å². The molecule has 0 radical (unpaired) electrons. The van der Waals surface area contributed by atoms with Gasteiger partial charge in [0, 0.05) is 32.8 Å². The molecule has 45 heavy (non-hydrogen) atoms. The van der Waals surface area contributed by atoms with Crippen molar-refractivity contribution >= 4 is 58.5 Å². The Morgan fingerprint density at radius 2 is 1.69 bits per heavy atom. The third-order valence-electron chi connectivity index (χ3n) is 6.07. The van der Waals surface area contributed by atoms with Crippen LogP contribution in [0.1, 0.15) is 21.5 Å². The molecule has 4 rings (SSSR count). The van der Waals surface area contributed by atoms with Crippen LogP contribution in [0.4, 0.5) is 24.5 Å². The molecule has 0 fully saturated rings. The molecular weight excluding hydrogens is 631 g/mol. The highest BCUT2D eigenvalue weighted by atomic mass is 35.5. The molecule has 13 heteroatoms. The summed E-state index contributed by atoms with van der Waals surface area (Å²) >= 11 is 6.73. The lowest BCUT2D eigenvalue weighted by Crippen LogP contribution is -2.30. The molecule has 0 aromatic heterocycles. The van der Waals surface area contributed by atoms with Crippen LogP contribution in [0.25, 0.3) is 6.08 Å². The fourth-order valence-corrected chi connectivity index (χ4v) is 4.90. The lowest BCUT2D eigenvalue weighted by Gasteiger charge is -2.14. The van der Waals surface area contributed by atoms with E-state index < -0.39 is 35.1 Å². The Balaban J connectivity index is 1.49. The minimum atomic E-state index is -4.71. The summed E-state index contributed by atoms with van der Waals surface area (Å²) in [5.74, 6) is -1.93. The fourth-order valence-electron chi connectivity index (χ4n) is 3.97. The highest BCUT2D eigenvalue weighted by Gasteiger charge is 2.34. The quantitative estimate of drug-likeness (QED) is 0.106. The standard InChI is InChI=1S/C32H25ClF3N3O5S/c1-44-28-17-23(40)12-10-20(28)14-27(39-30(42)19-6-3-2-4-7-19)31(43)37-22-8-5-9-24(16-22)45-18-29(41)38-26-13-11-21(33)15-25(26)32(34,35)36/h2-17,40H,18H2,1H3,(H,37,43)(H,38,41)(H,39,42)/b27-14+. The van der Waals surface area contributed by atoms with Crippen molar-refractivity contribution in [2.75, 3.05) is 23.5 Å². The summed E-state index contributed by atoms with van der Waals surface area (Å²) in [4.78, 5) is 39.4. The molecule has 0 heterocycles. The number of hydrogen-bond donors (Lipinski definition) is 4. The fraction of sp³-hybridized carbons (Fsp3) is 0.0938. The third kappa shape index (κ3) is 9.27. The first kappa shape index (κ1) is 33.0. The number of hydrogen-bond acceptors (Lipinski definition) is 6. The summed E-state index contributed by atoms with van der Waals surface area (Å²) < 4.78 is 45.4. The molecule has 8 nitrogen and oxygen atoms in total. The number of halogens is 4. The number of ether oxygens (including phenoxy) is 1. The van der Waals surface area contributed by atoms with E-state index in [0.29, 0.717) is 21.7 Å². The van der Waals surface area contributed by atoms with Crippen molar-refractivity contribution in [3.05, 3.63) is 118 Å². The predicted molar refractivity (Wildman–Crippen MR) is 167 cm³/mol. The van der Waals surface area contributed by atoms with Crippen molar-refractivity contribution in [2.24, 2.45) is 0 Å². The molecule has 0 atom stereocenters. The van der Waals surface area contributed by atoms with E-state index in [9.17, 15) is 32.7 Å². The maximum atomic E-state index is 13.4. The normalized spacial score (nSPS) is 11.4. The molecule has 3 amide bonds. The number of phenols is 1. The van der Waals surface area contributed by atoms with Crippen LogP contribution in [0.15, 0.2) is 102 Å². The van der Waals surface area contributed by atoms with Gasteiger partial charge in [-0.05, 0) is 66.7 Å². The zero-order chi connectivity index (χ0) is 32.6. The average molecular weight is 656 g/mol. The van der Waals surface area contributed by atoms with E-state index >= 15 is 0 Å². The van der Waals surface area contributed by atoms with Crippen LogP contribution in [0, 0.1) is 0 Å². The highest BCUT2D eigenvalue weighted by Crippen LogP contribution is 2.36. The number of thioether (sulfide) groups is 1. The van der Waals surface area contributed by atoms with Gasteiger partial charge in [-0.1, -0.05) is 35.9 Å². The monoisotopic (exact) mass is 655 g/mol. The van der Waals surface area contributed by atoms with E-state index in [1.165, 1.54) is 37.5 Å². The SMILES string of the molecule is COc1cc(O)ccc1/C=C(/NC(=O)c1ccccc1)C(=O)Nc1cccc(SCC(=O)Nc2ccc(Cl)cc2C(F)(F)F)c1. The van der Waals surface area contributed by atoms with E-state index in [-0.39, 0.29) is 28.0 Å². The van der Waals surface area contributed by atoms with Gasteiger partial charge in [-0.25, -0.2) is 0 Å². The molecule has 232 valence electrons. The first-order valence-corrected chi connectivity index (χ1v) is 14.4. The molecule has 0 bridgehead atoms. The Labute approximate surface area is 265 Å². The zero-order valence-corrected chi connectivity index (χ0v) is 25.0. The Bertz CT molecular complexity index is 1750. The van der Waals surface area contributed by atoms with Crippen molar-refractivity contribution in [1.82, 2.24) is 5.32 Å². The highest BCUT2D eigenvalue weighted by molar-refractivity contribution is 8.00. The molecule has 0 saturated heterocycles. The van der Waals surface area contributed by atoms with Gasteiger partial charge in [-0.3, -0.25) is 14.4 Å². The number of rotatable bonds is 10. The summed E-state index contributed by atoms with van der Waals surface area (Å²) in [6, 6.07) is 22.0. The molecule has 4 aromatic carbocycles. The maximum Gasteiger partial charge on any atom is 0.418 e. The Morgan fingerprint density at radius 1 is 0.933 bits per heavy atom. The lowest BCUT2D eigenvalue weighted by atomic mass is 10.1. The number of carbonyl (C=O) groups is 3. The van der Waals surface area contributed by atoms with E-state index in [1.807, 2.05) is 0 Å². The third-order valence-corrected chi connectivity index (χ3v) is 7.30. The summed E-state index contributed by atoms with van der Waals surface area (Å²) in [5.41, 5.74) is -0.578. The predicted octanol–water partition coefficient (Wildman–Crippen LogP) is 7.21. The minimum Gasteiger partial charge on any atom is -0.508 e. The van der Waals surface area contributed by atoms with E-state index in [4.69, 9.17) is 16.3 Å². The van der Waals surface area contributed by atoms with E-state index in [1.54, 1.807) is 54.6 Å². The number of benzene rings is 4. The number of amides is 3. The summed E-state index contributed by atoms with van der Waals surface area (Å²) in [6.45, 7) is 0. The Kier molecular flexibility index (Phi) is 10.8. The van der Waals surface area contributed by atoms with Crippen molar-refractivity contribution in [1.29, 1.82) is 0 Å². The number of phenolic OH excluding ortho intramolecular Hbond substituents is 1. The van der Waals surface area contributed by atoms with Gasteiger partial charge >= 0.3 is 6.18 Å². The molecule has 0 aliphatic carbocycles. The summed E-state index contributed by atoms with van der Waals surface area (Å²) in [7, 11) is 1.39. The van der Waals surface area contributed by atoms with Crippen molar-refractivity contribution in [3.63, 3.8) is 0 Å². The van der Waals surface area contributed by atoms with Gasteiger partial charge in [0.2, 0.25) is 5.91 Å². The topological polar surface area (TPSA) is 117 Å².